The van der Waals surface area contributed by atoms with Gasteiger partial charge in [0.25, 0.3) is 0 Å². The Labute approximate surface area is 579 Å². The van der Waals surface area contributed by atoms with Gasteiger partial charge in [0.05, 0.1) is 0 Å². The van der Waals surface area contributed by atoms with E-state index in [-0.39, 0.29) is 50.5 Å². The van der Waals surface area contributed by atoms with E-state index in [0.29, 0.717) is 48.3 Å². The topological polar surface area (TPSA) is 96.2 Å². The zero-order valence-corrected chi connectivity index (χ0v) is 57.9. The van der Waals surface area contributed by atoms with Crippen LogP contribution in [0.3, 0.4) is 0 Å². The van der Waals surface area contributed by atoms with Crippen molar-refractivity contribution in [1.82, 2.24) is 42.5 Å². The molecule has 8 aromatic carbocycles. The van der Waals surface area contributed by atoms with Gasteiger partial charge in [0.1, 0.15) is 0 Å². The van der Waals surface area contributed by atoms with Crippen molar-refractivity contribution in [2.75, 3.05) is 0 Å². The third kappa shape index (κ3) is 28.6. The van der Waals surface area contributed by atoms with E-state index in [0.717, 1.165) is 52.4 Å². The monoisotopic (exact) mass is 1390 g/mol. The van der Waals surface area contributed by atoms with E-state index < -0.39 is 0 Å². The van der Waals surface area contributed by atoms with Gasteiger partial charge < -0.3 is 76.5 Å². The minimum atomic E-state index is 0. The summed E-state index contributed by atoms with van der Waals surface area (Å²) in [5.41, 5.74) is 11.0. The molecule has 0 unspecified atom stereocenters. The molecule has 8 atom stereocenters. The molecule has 8 aromatic rings. The van der Waals surface area contributed by atoms with E-state index in [2.05, 4.69) is 285 Å². The molecule has 12 rings (SSSR count). The van der Waals surface area contributed by atoms with E-state index in [9.17, 15) is 0 Å². The van der Waals surface area contributed by atoms with Crippen LogP contribution in [0, 0.1) is 0 Å². The molecule has 0 aromatic heterocycles. The van der Waals surface area contributed by atoms with Crippen LogP contribution in [0.15, 0.2) is 243 Å². The maximum absolute atomic E-state index is 3.76. The Morgan fingerprint density at radius 2 is 0.275 bits per heavy atom. The molecular weight excluding hydrogens is 1290 g/mol. The first kappa shape index (κ1) is 74.9. The van der Waals surface area contributed by atoms with Crippen molar-refractivity contribution in [2.45, 2.75) is 203 Å². The third-order valence-corrected chi connectivity index (χ3v) is 18.4. The fourth-order valence-corrected chi connectivity index (χ4v) is 13.2. The molecular formula is C80H104Br2N8Ni. The summed E-state index contributed by atoms with van der Waals surface area (Å²) in [6.07, 6.45) is 21.0. The van der Waals surface area contributed by atoms with Gasteiger partial charge in [-0.05, 0) is 95.9 Å². The van der Waals surface area contributed by atoms with Crippen LogP contribution >= 0.6 is 0 Å². The Bertz CT molecular complexity index is 2380. The van der Waals surface area contributed by atoms with Gasteiger partial charge in [-0.1, -0.05) is 294 Å². The van der Waals surface area contributed by atoms with Gasteiger partial charge in [0, 0.05) is 101 Å². The summed E-state index contributed by atoms with van der Waals surface area (Å²) in [4.78, 5) is 0. The number of rotatable bonds is 24. The molecule has 0 amide bonds. The second kappa shape index (κ2) is 45.3. The number of hydrogen-bond donors (Lipinski definition) is 8. The van der Waals surface area contributed by atoms with E-state index >= 15 is 0 Å². The first-order valence-corrected chi connectivity index (χ1v) is 33.9. The van der Waals surface area contributed by atoms with E-state index in [1.807, 2.05) is 0 Å². The molecule has 4 aliphatic rings. The van der Waals surface area contributed by atoms with Gasteiger partial charge in [-0.15, -0.1) is 0 Å². The predicted octanol–water partition coefficient (Wildman–Crippen LogP) is 9.51. The molecule has 0 bridgehead atoms. The molecule has 4 saturated carbocycles. The minimum Gasteiger partial charge on any atom is -1.00 e. The molecule has 488 valence electrons. The van der Waals surface area contributed by atoms with Crippen LogP contribution in [-0.2, 0) is 68.8 Å². The van der Waals surface area contributed by atoms with Crippen molar-refractivity contribution in [1.29, 1.82) is 0 Å². The summed E-state index contributed by atoms with van der Waals surface area (Å²) in [7, 11) is 0. The van der Waals surface area contributed by atoms with Crippen LogP contribution in [0.1, 0.15) is 147 Å². The average Bonchev–Trinajstić information content (AvgIpc) is 3.73. The zero-order valence-electron chi connectivity index (χ0n) is 53.8. The number of hydrogen-bond acceptors (Lipinski definition) is 8. The van der Waals surface area contributed by atoms with Crippen LogP contribution < -0.4 is 76.5 Å². The molecule has 0 radical (unpaired) electrons. The largest absolute Gasteiger partial charge is 2.00 e. The van der Waals surface area contributed by atoms with Crippen molar-refractivity contribution < 1.29 is 50.5 Å². The maximum atomic E-state index is 3.76. The summed E-state index contributed by atoms with van der Waals surface area (Å²) >= 11 is 0. The van der Waals surface area contributed by atoms with Crippen molar-refractivity contribution in [3.63, 3.8) is 0 Å². The van der Waals surface area contributed by atoms with Crippen LogP contribution in [0.25, 0.3) is 0 Å². The van der Waals surface area contributed by atoms with E-state index in [1.54, 1.807) is 0 Å². The van der Waals surface area contributed by atoms with Gasteiger partial charge in [0.2, 0.25) is 0 Å². The summed E-state index contributed by atoms with van der Waals surface area (Å²) in [6, 6.07) is 90.2. The first-order valence-electron chi connectivity index (χ1n) is 33.9. The second-order valence-electron chi connectivity index (χ2n) is 24.9. The Kier molecular flexibility index (Phi) is 37.3. The predicted molar refractivity (Wildman–Crippen MR) is 370 cm³/mol. The Hall–Kier alpha value is -5.11. The van der Waals surface area contributed by atoms with Crippen LogP contribution in [0.4, 0.5) is 0 Å². The van der Waals surface area contributed by atoms with Gasteiger partial charge in [-0.25, -0.2) is 0 Å². The average molecular weight is 1400 g/mol. The van der Waals surface area contributed by atoms with Crippen LogP contribution in [-0.4, -0.2) is 48.3 Å². The molecule has 0 saturated heterocycles. The molecule has 0 aliphatic heterocycles. The van der Waals surface area contributed by atoms with Crippen molar-refractivity contribution in [2.24, 2.45) is 0 Å². The molecule has 8 N–H and O–H groups in total. The molecule has 91 heavy (non-hydrogen) atoms. The van der Waals surface area contributed by atoms with Gasteiger partial charge >= 0.3 is 16.5 Å². The van der Waals surface area contributed by atoms with Crippen LogP contribution in [0.5, 0.6) is 0 Å². The number of nitrogens with one attached hydrogen (secondary N) is 8. The summed E-state index contributed by atoms with van der Waals surface area (Å²) in [5, 5.41) is 30.1. The summed E-state index contributed by atoms with van der Waals surface area (Å²) < 4.78 is 0. The van der Waals surface area contributed by atoms with Gasteiger partial charge in [-0.3, -0.25) is 0 Å². The number of halogens is 2. The Morgan fingerprint density at radius 3 is 0.374 bits per heavy atom. The maximum Gasteiger partial charge on any atom is 2.00 e. The molecule has 0 spiro atoms. The van der Waals surface area contributed by atoms with Crippen molar-refractivity contribution in [3.05, 3.63) is 287 Å². The zero-order chi connectivity index (χ0) is 60.1. The number of benzene rings is 8. The second-order valence-corrected chi connectivity index (χ2v) is 24.9. The van der Waals surface area contributed by atoms with Crippen LogP contribution in [0.2, 0.25) is 0 Å². The molecule has 4 aliphatic carbocycles. The summed E-state index contributed by atoms with van der Waals surface area (Å²) in [5.74, 6) is 0. The van der Waals surface area contributed by atoms with Gasteiger partial charge in [0.15, 0.2) is 0 Å². The first-order chi connectivity index (χ1) is 43.7. The molecule has 8 nitrogen and oxygen atoms in total. The minimum absolute atomic E-state index is 0. The third-order valence-electron chi connectivity index (χ3n) is 18.4. The fraction of sp³-hybridized carbons (Fsp3) is 0.400. The summed E-state index contributed by atoms with van der Waals surface area (Å²) in [6.45, 7) is 7.74. The van der Waals surface area contributed by atoms with Gasteiger partial charge in [-0.2, -0.15) is 0 Å². The Balaban J connectivity index is 0.000000191. The molecule has 4 fully saturated rings. The fourth-order valence-electron chi connectivity index (χ4n) is 13.2. The quantitative estimate of drug-likeness (QED) is 0.0284. The van der Waals surface area contributed by atoms with E-state index in [1.165, 1.54) is 147 Å². The standard InChI is InChI=1S/4C20H26N2.2BrH.Ni/c4*1-3-9-17(10-4-1)15-21-19-13-7-8-14-20(19)22-16-18-11-5-2-6-12-18;;;/h4*1-6,9-12,19-22H,7-8,13-16H2;2*1H;/q;;;;;;+2/p-2/t4*19-,20-;;;/m1111.../s1. The van der Waals surface area contributed by atoms with E-state index in [4.69, 9.17) is 0 Å². The van der Waals surface area contributed by atoms with Crippen molar-refractivity contribution >= 4 is 0 Å². The molecule has 0 heterocycles. The Morgan fingerprint density at radius 1 is 0.176 bits per heavy atom. The van der Waals surface area contributed by atoms with Crippen molar-refractivity contribution in [3.8, 4) is 0 Å². The normalized spacial score (nSPS) is 20.9. The smallest absolute Gasteiger partial charge is 1.00 e. The molecule has 11 heteroatoms. The SMILES string of the molecule is [Br-].[Br-].[Ni+2].c1ccc(CN[C@@H]2CCCC[C@H]2NCc2ccccc2)cc1.c1ccc(CN[C@@H]2CCCC[C@H]2NCc2ccccc2)cc1.c1ccc(CN[C@@H]2CCCC[C@H]2NCc2ccccc2)cc1.c1ccc(CN[C@@H]2CCCC[C@H]2NCc2ccccc2)cc1.